The predicted molar refractivity (Wildman–Crippen MR) is 105 cm³/mol. The van der Waals surface area contributed by atoms with E-state index in [0.717, 1.165) is 10.0 Å². The van der Waals surface area contributed by atoms with Gasteiger partial charge in [-0.2, -0.15) is 5.10 Å². The van der Waals surface area contributed by atoms with Gasteiger partial charge in [0.2, 0.25) is 5.91 Å². The first-order valence-electron chi connectivity index (χ1n) is 7.54. The Balaban J connectivity index is 1.84. The van der Waals surface area contributed by atoms with Crippen LogP contribution in [0.5, 0.6) is 5.75 Å². The molecule has 0 unspecified atom stereocenters. The molecule has 6 nitrogen and oxygen atoms in total. The van der Waals surface area contributed by atoms with Crippen LogP contribution in [0.2, 0.25) is 5.02 Å². The lowest BCUT2D eigenvalue weighted by Crippen LogP contribution is -2.11. The molecular weight excluding hydrogens is 420 g/mol. The van der Waals surface area contributed by atoms with Gasteiger partial charge < -0.3 is 10.1 Å². The number of para-hydroxylation sites is 1. The van der Waals surface area contributed by atoms with Crippen LogP contribution < -0.4 is 10.1 Å². The van der Waals surface area contributed by atoms with Crippen molar-refractivity contribution in [2.45, 2.75) is 0 Å². The van der Waals surface area contributed by atoms with E-state index in [-0.39, 0.29) is 5.91 Å². The molecule has 1 amide bonds. The highest BCUT2D eigenvalue weighted by molar-refractivity contribution is 9.10. The summed E-state index contributed by atoms with van der Waals surface area (Å²) in [5.41, 5.74) is 1.85. The van der Waals surface area contributed by atoms with Crippen molar-refractivity contribution in [1.29, 1.82) is 0 Å². The molecule has 0 aliphatic rings. The normalized spacial score (nSPS) is 10.9. The lowest BCUT2D eigenvalue weighted by molar-refractivity contribution is -0.111. The minimum Gasteiger partial charge on any atom is -0.496 e. The highest BCUT2D eigenvalue weighted by Gasteiger charge is 2.11. The molecule has 1 heterocycles. The number of ether oxygens (including phenoxy) is 1. The second kappa shape index (κ2) is 8.16. The molecule has 0 aliphatic heterocycles. The van der Waals surface area contributed by atoms with E-state index in [1.807, 2.05) is 18.2 Å². The number of hydrogen-bond donors (Lipinski definition) is 1. The van der Waals surface area contributed by atoms with E-state index in [9.17, 15) is 4.79 Å². The number of carbonyl (C=O) groups excluding carboxylic acids is 1. The van der Waals surface area contributed by atoms with E-state index in [1.54, 1.807) is 31.4 Å². The molecule has 0 atom stereocenters. The topological polar surface area (TPSA) is 69.0 Å². The van der Waals surface area contributed by atoms with Gasteiger partial charge in [0.25, 0.3) is 0 Å². The summed E-state index contributed by atoms with van der Waals surface area (Å²) in [5, 5.41) is 7.33. The van der Waals surface area contributed by atoms with Crippen LogP contribution in [0, 0.1) is 0 Å². The summed E-state index contributed by atoms with van der Waals surface area (Å²) in [6, 6.07) is 10.8. The van der Waals surface area contributed by atoms with Crippen molar-refractivity contribution in [2.75, 3.05) is 12.4 Å². The quantitative estimate of drug-likeness (QED) is 0.608. The first-order chi connectivity index (χ1) is 12.6. The van der Waals surface area contributed by atoms with E-state index in [1.165, 1.54) is 23.4 Å². The number of carbonyl (C=O) groups is 1. The minimum atomic E-state index is -0.310. The van der Waals surface area contributed by atoms with Crippen LogP contribution in [0.25, 0.3) is 11.8 Å². The third kappa shape index (κ3) is 4.12. The van der Waals surface area contributed by atoms with E-state index >= 15 is 0 Å². The van der Waals surface area contributed by atoms with Crippen molar-refractivity contribution >= 4 is 45.2 Å². The Morgan fingerprint density at radius 3 is 2.92 bits per heavy atom. The van der Waals surface area contributed by atoms with Gasteiger partial charge in [-0.15, -0.1) is 0 Å². The lowest BCUT2D eigenvalue weighted by atomic mass is 10.2. The number of nitrogens with zero attached hydrogens (tertiary/aromatic N) is 3. The average Bonchev–Trinajstić information content (AvgIpc) is 3.14. The zero-order chi connectivity index (χ0) is 18.5. The van der Waals surface area contributed by atoms with Crippen molar-refractivity contribution in [3.05, 3.63) is 70.2 Å². The fourth-order valence-electron chi connectivity index (χ4n) is 2.35. The van der Waals surface area contributed by atoms with Gasteiger partial charge in [-0.1, -0.05) is 33.6 Å². The summed E-state index contributed by atoms with van der Waals surface area (Å²) in [6.07, 6.45) is 6.02. The van der Waals surface area contributed by atoms with E-state index in [0.29, 0.717) is 22.1 Å². The molecule has 0 radical (unpaired) electrons. The molecule has 132 valence electrons. The van der Waals surface area contributed by atoms with Crippen LogP contribution in [-0.4, -0.2) is 27.8 Å². The smallest absolute Gasteiger partial charge is 0.248 e. The molecule has 0 aliphatic carbocycles. The Kier molecular flexibility index (Phi) is 5.70. The highest BCUT2D eigenvalue weighted by atomic mass is 79.9. The number of aromatic nitrogens is 3. The summed E-state index contributed by atoms with van der Waals surface area (Å²) in [6.45, 7) is 0. The molecule has 2 aromatic carbocycles. The third-order valence-corrected chi connectivity index (χ3v) is 4.30. The highest BCUT2D eigenvalue weighted by Crippen LogP contribution is 2.28. The summed E-state index contributed by atoms with van der Waals surface area (Å²) in [4.78, 5) is 16.3. The fourth-order valence-corrected chi connectivity index (χ4v) is 2.99. The zero-order valence-corrected chi connectivity index (χ0v) is 16.0. The molecule has 0 bridgehead atoms. The molecule has 8 heteroatoms. The van der Waals surface area contributed by atoms with E-state index < -0.39 is 0 Å². The van der Waals surface area contributed by atoms with Crippen LogP contribution >= 0.6 is 27.5 Å². The second-order valence-corrected chi connectivity index (χ2v) is 6.51. The average molecular weight is 434 g/mol. The second-order valence-electron chi connectivity index (χ2n) is 5.18. The largest absolute Gasteiger partial charge is 0.496 e. The number of hydrogen-bond acceptors (Lipinski definition) is 4. The van der Waals surface area contributed by atoms with Gasteiger partial charge in [-0.05, 0) is 36.4 Å². The summed E-state index contributed by atoms with van der Waals surface area (Å²) >= 11 is 9.66. The number of halogens is 2. The van der Waals surface area contributed by atoms with Crippen LogP contribution in [0.4, 0.5) is 5.69 Å². The van der Waals surface area contributed by atoms with Crippen molar-refractivity contribution < 1.29 is 9.53 Å². The molecule has 1 aromatic heterocycles. The number of rotatable bonds is 5. The Morgan fingerprint density at radius 2 is 2.19 bits per heavy atom. The Bertz CT molecular complexity index is 958. The first kappa shape index (κ1) is 18.2. The maximum Gasteiger partial charge on any atom is 0.248 e. The van der Waals surface area contributed by atoms with Gasteiger partial charge in [-0.3, -0.25) is 4.79 Å². The first-order valence-corrected chi connectivity index (χ1v) is 8.71. The Hall–Kier alpha value is -2.64. The molecule has 0 spiro atoms. The maximum absolute atomic E-state index is 12.4. The van der Waals surface area contributed by atoms with Crippen LogP contribution in [0.15, 0.2) is 59.6 Å². The number of methoxy groups -OCH3 is 1. The van der Waals surface area contributed by atoms with Gasteiger partial charge in [0.05, 0.1) is 17.8 Å². The molecule has 0 fully saturated rings. The summed E-state index contributed by atoms with van der Waals surface area (Å²) in [5.74, 6) is 0.360. The molecule has 3 aromatic rings. The zero-order valence-electron chi connectivity index (χ0n) is 13.7. The maximum atomic E-state index is 12.4. The van der Waals surface area contributed by atoms with E-state index in [4.69, 9.17) is 16.3 Å². The number of amides is 1. The van der Waals surface area contributed by atoms with Crippen molar-refractivity contribution in [2.24, 2.45) is 0 Å². The molecule has 0 saturated carbocycles. The van der Waals surface area contributed by atoms with E-state index in [2.05, 4.69) is 31.3 Å². The molecular formula is C18H14BrClN4O2. The number of benzene rings is 2. The number of nitrogens with one attached hydrogen (secondary N) is 1. The lowest BCUT2D eigenvalue weighted by Gasteiger charge is -2.11. The molecule has 26 heavy (non-hydrogen) atoms. The van der Waals surface area contributed by atoms with Crippen LogP contribution in [0.3, 0.4) is 0 Å². The third-order valence-electron chi connectivity index (χ3n) is 3.50. The van der Waals surface area contributed by atoms with Gasteiger partial charge >= 0.3 is 0 Å². The van der Waals surface area contributed by atoms with Crippen molar-refractivity contribution in [3.63, 3.8) is 0 Å². The molecule has 1 N–H and O–H groups in total. The van der Waals surface area contributed by atoms with Crippen LogP contribution in [-0.2, 0) is 4.79 Å². The fraction of sp³-hybridized carbons (Fsp3) is 0.0556. The standard InChI is InChI=1S/C18H14BrClN4O2/c1-26-16-7-6-13(19)9-12(16)5-8-17(25)23-15-4-2-3-14(20)18(15)24-11-21-10-22-24/h2-11H,1H3,(H,23,25). The summed E-state index contributed by atoms with van der Waals surface area (Å²) in [7, 11) is 1.58. The Labute approximate surface area is 163 Å². The van der Waals surface area contributed by atoms with Gasteiger partial charge in [-0.25, -0.2) is 9.67 Å². The van der Waals surface area contributed by atoms with Gasteiger partial charge in [0.15, 0.2) is 0 Å². The van der Waals surface area contributed by atoms with Gasteiger partial charge in [0, 0.05) is 16.1 Å². The van der Waals surface area contributed by atoms with Gasteiger partial charge in [0.1, 0.15) is 24.1 Å². The van der Waals surface area contributed by atoms with Crippen molar-refractivity contribution in [1.82, 2.24) is 14.8 Å². The monoisotopic (exact) mass is 432 g/mol. The number of anilines is 1. The van der Waals surface area contributed by atoms with Crippen LogP contribution in [0.1, 0.15) is 5.56 Å². The molecule has 3 rings (SSSR count). The SMILES string of the molecule is COc1ccc(Br)cc1C=CC(=O)Nc1cccc(Cl)c1-n1cncn1. The minimum absolute atomic E-state index is 0.310. The Morgan fingerprint density at radius 1 is 1.35 bits per heavy atom. The van der Waals surface area contributed by atoms with Crippen molar-refractivity contribution in [3.8, 4) is 11.4 Å². The predicted octanol–water partition coefficient (Wildman–Crippen LogP) is 4.34. The molecule has 0 saturated heterocycles. The summed E-state index contributed by atoms with van der Waals surface area (Å²) < 4.78 is 7.68.